The molecular weight excluding hydrogens is 403 g/mol. The Bertz CT molecular complexity index is 327. The van der Waals surface area contributed by atoms with Gasteiger partial charge in [-0.05, 0) is 65.1 Å². The van der Waals surface area contributed by atoms with Crippen molar-refractivity contribution in [2.24, 2.45) is 4.99 Å². The molecule has 0 aromatic heterocycles. The highest BCUT2D eigenvalue weighted by molar-refractivity contribution is 14.0. The fourth-order valence-electron chi connectivity index (χ4n) is 3.47. The van der Waals surface area contributed by atoms with Gasteiger partial charge >= 0.3 is 0 Å². The lowest BCUT2D eigenvalue weighted by atomic mass is 10.1. The van der Waals surface area contributed by atoms with Crippen molar-refractivity contribution >= 4 is 29.9 Å². The SMILES string of the molecule is CCOC1CCN(C(=NC)NCCCCN2CCCC2)CC1.I. The van der Waals surface area contributed by atoms with Crippen LogP contribution in [0.1, 0.15) is 45.4 Å². The van der Waals surface area contributed by atoms with E-state index in [1.54, 1.807) is 0 Å². The molecule has 0 amide bonds. The molecular formula is C17H35IN4O. The summed E-state index contributed by atoms with van der Waals surface area (Å²) in [6.45, 7) is 9.93. The summed E-state index contributed by atoms with van der Waals surface area (Å²) in [6, 6.07) is 0. The summed E-state index contributed by atoms with van der Waals surface area (Å²) >= 11 is 0. The Hall–Kier alpha value is -0.0800. The van der Waals surface area contributed by atoms with Gasteiger partial charge in [-0.25, -0.2) is 0 Å². The van der Waals surface area contributed by atoms with Crippen LogP contribution in [0.4, 0.5) is 0 Å². The van der Waals surface area contributed by atoms with Gasteiger partial charge in [-0.2, -0.15) is 0 Å². The van der Waals surface area contributed by atoms with Crippen molar-refractivity contribution < 1.29 is 4.74 Å². The number of guanidine groups is 1. The van der Waals surface area contributed by atoms with Crippen molar-refractivity contribution in [2.45, 2.75) is 51.6 Å². The van der Waals surface area contributed by atoms with Gasteiger partial charge in [0.05, 0.1) is 6.10 Å². The number of unbranched alkanes of at least 4 members (excludes halogenated alkanes) is 1. The average Bonchev–Trinajstić information content (AvgIpc) is 3.06. The normalized spacial score (nSPS) is 20.6. The first-order valence-corrected chi connectivity index (χ1v) is 9.13. The first kappa shape index (κ1) is 21.0. The molecule has 5 nitrogen and oxygen atoms in total. The van der Waals surface area contributed by atoms with Gasteiger partial charge in [-0.1, -0.05) is 0 Å². The third kappa shape index (κ3) is 7.56. The van der Waals surface area contributed by atoms with Crippen molar-refractivity contribution in [3.05, 3.63) is 0 Å². The molecule has 2 rings (SSSR count). The quantitative estimate of drug-likeness (QED) is 0.287. The number of hydrogen-bond acceptors (Lipinski definition) is 3. The number of aliphatic imine (C=N–C) groups is 1. The van der Waals surface area contributed by atoms with Crippen LogP contribution in [-0.2, 0) is 4.74 Å². The molecule has 0 radical (unpaired) electrons. The van der Waals surface area contributed by atoms with E-state index < -0.39 is 0 Å². The third-order valence-corrected chi connectivity index (χ3v) is 4.74. The van der Waals surface area contributed by atoms with Gasteiger partial charge in [0.2, 0.25) is 0 Å². The fourth-order valence-corrected chi connectivity index (χ4v) is 3.47. The lowest BCUT2D eigenvalue weighted by Crippen LogP contribution is -2.47. The summed E-state index contributed by atoms with van der Waals surface area (Å²) in [5.74, 6) is 1.07. The van der Waals surface area contributed by atoms with Crippen LogP contribution in [-0.4, -0.2) is 74.8 Å². The molecule has 2 aliphatic heterocycles. The Kier molecular flexibility index (Phi) is 11.2. The number of ether oxygens (including phenoxy) is 1. The third-order valence-electron chi connectivity index (χ3n) is 4.74. The number of hydrogen-bond donors (Lipinski definition) is 1. The summed E-state index contributed by atoms with van der Waals surface area (Å²) in [5, 5.41) is 3.53. The van der Waals surface area contributed by atoms with E-state index in [1.807, 2.05) is 7.05 Å². The number of piperidine rings is 1. The molecule has 6 heteroatoms. The zero-order valence-electron chi connectivity index (χ0n) is 14.9. The second-order valence-corrected chi connectivity index (χ2v) is 6.37. The van der Waals surface area contributed by atoms with Crippen molar-refractivity contribution in [1.29, 1.82) is 0 Å². The van der Waals surface area contributed by atoms with E-state index in [1.165, 1.54) is 45.3 Å². The maximum atomic E-state index is 5.71. The largest absolute Gasteiger partial charge is 0.378 e. The van der Waals surface area contributed by atoms with Gasteiger partial charge in [-0.15, -0.1) is 24.0 Å². The molecule has 23 heavy (non-hydrogen) atoms. The number of rotatable bonds is 7. The first-order chi connectivity index (χ1) is 10.8. The van der Waals surface area contributed by atoms with Crippen LogP contribution in [0.3, 0.4) is 0 Å². The van der Waals surface area contributed by atoms with E-state index in [-0.39, 0.29) is 24.0 Å². The summed E-state index contributed by atoms with van der Waals surface area (Å²) in [7, 11) is 1.89. The van der Waals surface area contributed by atoms with Crippen LogP contribution in [0.25, 0.3) is 0 Å². The van der Waals surface area contributed by atoms with Crippen LogP contribution in [0.2, 0.25) is 0 Å². The Morgan fingerprint density at radius 2 is 1.83 bits per heavy atom. The van der Waals surface area contributed by atoms with Gasteiger partial charge in [0.1, 0.15) is 0 Å². The van der Waals surface area contributed by atoms with Crippen molar-refractivity contribution in [3.63, 3.8) is 0 Å². The van der Waals surface area contributed by atoms with Crippen LogP contribution in [0, 0.1) is 0 Å². The Balaban J connectivity index is 0.00000264. The first-order valence-electron chi connectivity index (χ1n) is 9.13. The molecule has 0 atom stereocenters. The topological polar surface area (TPSA) is 40.1 Å². The Morgan fingerprint density at radius 3 is 2.43 bits per heavy atom. The van der Waals surface area contributed by atoms with E-state index in [0.29, 0.717) is 6.10 Å². The minimum absolute atomic E-state index is 0. The lowest BCUT2D eigenvalue weighted by molar-refractivity contribution is 0.0264. The number of halogens is 1. The molecule has 0 aliphatic carbocycles. The highest BCUT2D eigenvalue weighted by Gasteiger charge is 2.21. The van der Waals surface area contributed by atoms with E-state index in [0.717, 1.165) is 45.0 Å². The molecule has 136 valence electrons. The average molecular weight is 438 g/mol. The molecule has 0 saturated carbocycles. The van der Waals surface area contributed by atoms with Gasteiger partial charge in [0.25, 0.3) is 0 Å². The molecule has 1 N–H and O–H groups in total. The molecule has 0 aromatic carbocycles. The van der Waals surface area contributed by atoms with Gasteiger partial charge in [0.15, 0.2) is 5.96 Å². The molecule has 2 aliphatic rings. The molecule has 2 fully saturated rings. The Morgan fingerprint density at radius 1 is 1.13 bits per heavy atom. The highest BCUT2D eigenvalue weighted by Crippen LogP contribution is 2.13. The number of nitrogens with zero attached hydrogens (tertiary/aromatic N) is 3. The summed E-state index contributed by atoms with van der Waals surface area (Å²) in [5.41, 5.74) is 0. The molecule has 2 saturated heterocycles. The number of nitrogens with one attached hydrogen (secondary N) is 1. The molecule has 0 bridgehead atoms. The van der Waals surface area contributed by atoms with Crippen LogP contribution in [0.5, 0.6) is 0 Å². The summed E-state index contributed by atoms with van der Waals surface area (Å²) < 4.78 is 5.71. The zero-order valence-corrected chi connectivity index (χ0v) is 17.3. The van der Waals surface area contributed by atoms with E-state index in [2.05, 4.69) is 27.0 Å². The highest BCUT2D eigenvalue weighted by atomic mass is 127. The maximum absolute atomic E-state index is 5.71. The van der Waals surface area contributed by atoms with E-state index >= 15 is 0 Å². The monoisotopic (exact) mass is 438 g/mol. The van der Waals surface area contributed by atoms with Crippen molar-refractivity contribution in [1.82, 2.24) is 15.1 Å². The van der Waals surface area contributed by atoms with Gasteiger partial charge < -0.3 is 19.9 Å². The van der Waals surface area contributed by atoms with Gasteiger partial charge in [0, 0.05) is 33.3 Å². The van der Waals surface area contributed by atoms with Crippen LogP contribution in [0.15, 0.2) is 4.99 Å². The molecule has 0 aromatic rings. The van der Waals surface area contributed by atoms with Crippen molar-refractivity contribution in [2.75, 3.05) is 52.9 Å². The van der Waals surface area contributed by atoms with Crippen molar-refractivity contribution in [3.8, 4) is 0 Å². The van der Waals surface area contributed by atoms with Gasteiger partial charge in [-0.3, -0.25) is 4.99 Å². The fraction of sp³-hybridized carbons (Fsp3) is 0.941. The second kappa shape index (κ2) is 12.3. The standard InChI is InChI=1S/C17H34N4O.HI/c1-3-22-16-8-14-21(15-9-16)17(18-2)19-10-4-5-11-20-12-6-7-13-20;/h16H,3-15H2,1-2H3,(H,18,19);1H. The van der Waals surface area contributed by atoms with E-state index in [9.17, 15) is 0 Å². The minimum atomic E-state index is 0. The summed E-state index contributed by atoms with van der Waals surface area (Å²) in [4.78, 5) is 9.40. The summed E-state index contributed by atoms with van der Waals surface area (Å²) in [6.07, 6.45) is 7.97. The minimum Gasteiger partial charge on any atom is -0.378 e. The lowest BCUT2D eigenvalue weighted by Gasteiger charge is -2.34. The van der Waals surface area contributed by atoms with Crippen LogP contribution < -0.4 is 5.32 Å². The second-order valence-electron chi connectivity index (χ2n) is 6.37. The molecule has 2 heterocycles. The molecule has 0 spiro atoms. The van der Waals surface area contributed by atoms with E-state index in [4.69, 9.17) is 4.74 Å². The number of likely N-dealkylation sites (tertiary alicyclic amines) is 2. The predicted molar refractivity (Wildman–Crippen MR) is 108 cm³/mol. The Labute approximate surface area is 159 Å². The maximum Gasteiger partial charge on any atom is 0.193 e. The predicted octanol–water partition coefficient (Wildman–Crippen LogP) is 2.56. The smallest absolute Gasteiger partial charge is 0.193 e. The molecule has 0 unspecified atom stereocenters. The zero-order chi connectivity index (χ0) is 15.6. The van der Waals surface area contributed by atoms with Crippen LogP contribution >= 0.6 is 24.0 Å².